The Kier molecular flexibility index (Phi) is 6.09. The fourth-order valence-electron chi connectivity index (χ4n) is 5.08. The van der Waals surface area contributed by atoms with E-state index in [1.807, 2.05) is 24.3 Å². The summed E-state index contributed by atoms with van der Waals surface area (Å²) in [6.07, 6.45) is 5.25. The number of carbonyl (C=O) groups excluding carboxylic acids is 2. The van der Waals surface area contributed by atoms with E-state index in [4.69, 9.17) is 9.84 Å². The molecule has 34 heavy (non-hydrogen) atoms. The van der Waals surface area contributed by atoms with Crippen LogP contribution in [0.4, 0.5) is 4.79 Å². The quantitative estimate of drug-likeness (QED) is 0.519. The minimum absolute atomic E-state index is 0.0165. The zero-order valence-corrected chi connectivity index (χ0v) is 18.8. The summed E-state index contributed by atoms with van der Waals surface area (Å²) in [5.74, 6) is -1.41. The number of rotatable bonds is 8. The average Bonchev–Trinajstić information content (AvgIpc) is 3.49. The van der Waals surface area contributed by atoms with Crippen molar-refractivity contribution in [1.82, 2.24) is 10.6 Å². The Morgan fingerprint density at radius 2 is 1.62 bits per heavy atom. The Hall–Kier alpha value is -3.61. The standard InChI is InChI=1S/C27H28N2O5/c30-25(28-18-12-11-17(13-18)26(31)32)14-24(16-9-10-16)29-27(33)34-15-23-21-7-3-1-5-19(21)20-6-2-4-8-22(20)23/h1-8,11-12,16-18,23-24H,9-10,13-15H2,(H,28,30)(H,29,33)(H,31,32). The van der Waals surface area contributed by atoms with Crippen molar-refractivity contribution in [3.8, 4) is 11.1 Å². The van der Waals surface area contributed by atoms with Gasteiger partial charge in [-0.2, -0.15) is 0 Å². The molecule has 0 heterocycles. The number of benzene rings is 2. The first-order chi connectivity index (χ1) is 16.5. The molecule has 3 N–H and O–H groups in total. The largest absolute Gasteiger partial charge is 0.481 e. The molecule has 3 atom stereocenters. The number of carboxylic acid groups (broad SMARTS) is 1. The molecule has 0 aromatic heterocycles. The SMILES string of the molecule is O=C(CC(NC(=O)OCC1c2ccccc2-c2ccccc21)C1CC1)NC1C=CC(C(=O)O)C1. The minimum Gasteiger partial charge on any atom is -0.481 e. The molecule has 0 bridgehead atoms. The van der Waals surface area contributed by atoms with Gasteiger partial charge in [-0.1, -0.05) is 60.7 Å². The van der Waals surface area contributed by atoms with Crippen molar-refractivity contribution in [2.24, 2.45) is 11.8 Å². The van der Waals surface area contributed by atoms with Crippen molar-refractivity contribution < 1.29 is 24.2 Å². The number of hydrogen-bond donors (Lipinski definition) is 3. The summed E-state index contributed by atoms with van der Waals surface area (Å²) in [4.78, 5) is 36.3. The number of carbonyl (C=O) groups is 3. The highest BCUT2D eigenvalue weighted by atomic mass is 16.5. The maximum Gasteiger partial charge on any atom is 0.407 e. The Bertz CT molecular complexity index is 1090. The third kappa shape index (κ3) is 4.69. The molecular weight excluding hydrogens is 432 g/mol. The van der Waals surface area contributed by atoms with E-state index in [1.54, 1.807) is 12.2 Å². The molecule has 3 unspecified atom stereocenters. The summed E-state index contributed by atoms with van der Waals surface area (Å²) in [6, 6.07) is 15.8. The van der Waals surface area contributed by atoms with E-state index in [0.29, 0.717) is 6.42 Å². The van der Waals surface area contributed by atoms with Gasteiger partial charge in [-0.25, -0.2) is 4.79 Å². The second kappa shape index (κ2) is 9.33. The van der Waals surface area contributed by atoms with Gasteiger partial charge in [0.05, 0.1) is 5.92 Å². The van der Waals surface area contributed by atoms with Crippen molar-refractivity contribution in [2.45, 2.75) is 43.7 Å². The van der Waals surface area contributed by atoms with E-state index < -0.39 is 18.0 Å². The Morgan fingerprint density at radius 3 is 2.21 bits per heavy atom. The van der Waals surface area contributed by atoms with Crippen LogP contribution < -0.4 is 10.6 Å². The maximum atomic E-state index is 12.7. The van der Waals surface area contributed by atoms with Crippen LogP contribution in [0.5, 0.6) is 0 Å². The van der Waals surface area contributed by atoms with Gasteiger partial charge in [0.2, 0.25) is 5.91 Å². The summed E-state index contributed by atoms with van der Waals surface area (Å²) >= 11 is 0. The number of nitrogens with one attached hydrogen (secondary N) is 2. The average molecular weight is 461 g/mol. The fraction of sp³-hybridized carbons (Fsp3) is 0.370. The second-order valence-corrected chi connectivity index (χ2v) is 9.36. The number of aliphatic carboxylic acids is 1. The number of carboxylic acids is 1. The molecule has 2 aromatic carbocycles. The molecule has 7 heteroatoms. The lowest BCUT2D eigenvalue weighted by molar-refractivity contribution is -0.140. The second-order valence-electron chi connectivity index (χ2n) is 9.36. The Morgan fingerprint density at radius 1 is 0.971 bits per heavy atom. The summed E-state index contributed by atoms with van der Waals surface area (Å²) in [7, 11) is 0. The van der Waals surface area contributed by atoms with Gasteiger partial charge < -0.3 is 20.5 Å². The van der Waals surface area contributed by atoms with E-state index in [2.05, 4.69) is 34.9 Å². The third-order valence-corrected chi connectivity index (χ3v) is 6.99. The number of amides is 2. The van der Waals surface area contributed by atoms with E-state index in [9.17, 15) is 14.4 Å². The van der Waals surface area contributed by atoms with Crippen LogP contribution >= 0.6 is 0 Å². The van der Waals surface area contributed by atoms with Gasteiger partial charge in [-0.05, 0) is 47.4 Å². The molecule has 176 valence electrons. The summed E-state index contributed by atoms with van der Waals surface area (Å²) in [5.41, 5.74) is 4.65. The van der Waals surface area contributed by atoms with Crippen LogP contribution in [0.15, 0.2) is 60.7 Å². The maximum absolute atomic E-state index is 12.7. The Balaban J connectivity index is 1.16. The molecule has 3 aliphatic carbocycles. The van der Waals surface area contributed by atoms with Crippen molar-refractivity contribution in [2.75, 3.05) is 6.61 Å². The smallest absolute Gasteiger partial charge is 0.407 e. The molecule has 0 saturated heterocycles. The number of ether oxygens (including phenoxy) is 1. The molecule has 0 radical (unpaired) electrons. The lowest BCUT2D eigenvalue weighted by Gasteiger charge is -2.20. The molecule has 1 fully saturated rings. The van der Waals surface area contributed by atoms with Gasteiger partial charge in [0.1, 0.15) is 6.61 Å². The summed E-state index contributed by atoms with van der Waals surface area (Å²) < 4.78 is 5.65. The van der Waals surface area contributed by atoms with Crippen LogP contribution in [0.3, 0.4) is 0 Å². The van der Waals surface area contributed by atoms with Gasteiger partial charge in [0.15, 0.2) is 0 Å². The van der Waals surface area contributed by atoms with Gasteiger partial charge >= 0.3 is 12.1 Å². The van der Waals surface area contributed by atoms with Crippen LogP contribution in [0.2, 0.25) is 0 Å². The van der Waals surface area contributed by atoms with Crippen molar-refractivity contribution >= 4 is 18.0 Å². The van der Waals surface area contributed by atoms with Crippen LogP contribution in [-0.2, 0) is 14.3 Å². The lowest BCUT2D eigenvalue weighted by Crippen LogP contribution is -2.43. The number of fused-ring (bicyclic) bond motifs is 3. The third-order valence-electron chi connectivity index (χ3n) is 6.99. The molecular formula is C27H28N2O5. The lowest BCUT2D eigenvalue weighted by atomic mass is 9.98. The highest BCUT2D eigenvalue weighted by Gasteiger charge is 2.35. The van der Waals surface area contributed by atoms with E-state index in [-0.39, 0.29) is 42.9 Å². The van der Waals surface area contributed by atoms with Crippen LogP contribution in [-0.4, -0.2) is 41.8 Å². The fourth-order valence-corrected chi connectivity index (χ4v) is 5.08. The normalized spacial score (nSPS) is 21.4. The molecule has 0 aliphatic heterocycles. The van der Waals surface area contributed by atoms with Gasteiger partial charge in [-0.15, -0.1) is 0 Å². The first kappa shape index (κ1) is 22.2. The molecule has 2 aromatic rings. The van der Waals surface area contributed by atoms with Gasteiger partial charge in [0, 0.05) is 24.4 Å². The molecule has 5 rings (SSSR count). The minimum atomic E-state index is -0.888. The molecule has 1 saturated carbocycles. The predicted molar refractivity (Wildman–Crippen MR) is 126 cm³/mol. The summed E-state index contributed by atoms with van der Waals surface area (Å²) in [5, 5.41) is 14.9. The van der Waals surface area contributed by atoms with E-state index >= 15 is 0 Å². The topological polar surface area (TPSA) is 105 Å². The zero-order chi connectivity index (χ0) is 23.7. The first-order valence-electron chi connectivity index (χ1n) is 11.8. The van der Waals surface area contributed by atoms with Gasteiger partial charge in [-0.3, -0.25) is 9.59 Å². The molecule has 0 spiro atoms. The molecule has 7 nitrogen and oxygen atoms in total. The number of alkyl carbamates (subject to hydrolysis) is 1. The highest BCUT2D eigenvalue weighted by molar-refractivity contribution is 5.80. The van der Waals surface area contributed by atoms with E-state index in [1.165, 1.54) is 11.1 Å². The molecule has 3 aliphatic rings. The van der Waals surface area contributed by atoms with Crippen LogP contribution in [0.1, 0.15) is 42.7 Å². The van der Waals surface area contributed by atoms with Gasteiger partial charge in [0.25, 0.3) is 0 Å². The van der Waals surface area contributed by atoms with Crippen molar-refractivity contribution in [1.29, 1.82) is 0 Å². The van der Waals surface area contributed by atoms with Crippen LogP contribution in [0, 0.1) is 11.8 Å². The van der Waals surface area contributed by atoms with Crippen LogP contribution in [0.25, 0.3) is 11.1 Å². The monoisotopic (exact) mass is 460 g/mol. The highest BCUT2D eigenvalue weighted by Crippen LogP contribution is 2.44. The van der Waals surface area contributed by atoms with E-state index in [0.717, 1.165) is 24.0 Å². The van der Waals surface area contributed by atoms with Crippen molar-refractivity contribution in [3.05, 3.63) is 71.8 Å². The van der Waals surface area contributed by atoms with Crippen molar-refractivity contribution in [3.63, 3.8) is 0 Å². The number of hydrogen-bond acceptors (Lipinski definition) is 4. The predicted octanol–water partition coefficient (Wildman–Crippen LogP) is 3.84. The first-order valence-corrected chi connectivity index (χ1v) is 11.8. The summed E-state index contributed by atoms with van der Waals surface area (Å²) in [6.45, 7) is 0.229. The Labute approximate surface area is 198 Å². The zero-order valence-electron chi connectivity index (χ0n) is 18.8. The molecule has 2 amide bonds.